The van der Waals surface area contributed by atoms with Crippen molar-refractivity contribution in [1.29, 1.82) is 0 Å². The van der Waals surface area contributed by atoms with Crippen molar-refractivity contribution in [2.24, 2.45) is 0 Å². The van der Waals surface area contributed by atoms with Crippen LogP contribution in [0, 0.1) is 12.7 Å². The molecule has 0 unspecified atom stereocenters. The zero-order chi connectivity index (χ0) is 9.84. The highest BCUT2D eigenvalue weighted by atomic mass is 35.5. The summed E-state index contributed by atoms with van der Waals surface area (Å²) in [6, 6.07) is 3.20. The number of nitrogens with one attached hydrogen (secondary N) is 1. The second kappa shape index (κ2) is 4.58. The average molecular weight is 202 g/mol. The Hall–Kier alpha value is -0.600. The molecule has 0 fully saturated rings. The highest BCUT2D eigenvalue weighted by Gasteiger charge is 2.06. The molecule has 0 heterocycles. The molecule has 0 saturated heterocycles. The van der Waals surface area contributed by atoms with Crippen LogP contribution >= 0.6 is 11.6 Å². The van der Waals surface area contributed by atoms with Crippen molar-refractivity contribution in [3.63, 3.8) is 0 Å². The van der Waals surface area contributed by atoms with Crippen molar-refractivity contribution in [3.8, 4) is 0 Å². The van der Waals surface area contributed by atoms with Crippen LogP contribution < -0.4 is 5.32 Å². The van der Waals surface area contributed by atoms with E-state index in [1.54, 1.807) is 6.07 Å². The van der Waals surface area contributed by atoms with Gasteiger partial charge in [0.05, 0.1) is 5.02 Å². The van der Waals surface area contributed by atoms with Gasteiger partial charge in [-0.15, -0.1) is 0 Å². The number of rotatable bonds is 3. The van der Waals surface area contributed by atoms with Crippen LogP contribution in [0.5, 0.6) is 0 Å². The average Bonchev–Trinajstić information content (AvgIpc) is 2.13. The molecular formula is C10H13ClFN. The Balaban J connectivity index is 2.90. The zero-order valence-electron chi connectivity index (χ0n) is 7.82. The molecule has 0 amide bonds. The van der Waals surface area contributed by atoms with Crippen molar-refractivity contribution in [2.45, 2.75) is 13.3 Å². The molecule has 0 bridgehead atoms. The van der Waals surface area contributed by atoms with Crippen LogP contribution in [0.25, 0.3) is 0 Å². The SMILES string of the molecule is CNCCc1ccc(F)c(Cl)c1C. The van der Waals surface area contributed by atoms with Crippen LogP contribution in [0.2, 0.25) is 5.02 Å². The lowest BCUT2D eigenvalue weighted by atomic mass is 10.1. The molecule has 1 rings (SSSR count). The summed E-state index contributed by atoms with van der Waals surface area (Å²) >= 11 is 5.77. The van der Waals surface area contributed by atoms with Gasteiger partial charge < -0.3 is 5.32 Å². The molecule has 0 radical (unpaired) electrons. The second-order valence-electron chi connectivity index (χ2n) is 3.00. The van der Waals surface area contributed by atoms with Gasteiger partial charge in [0, 0.05) is 0 Å². The predicted octanol–water partition coefficient (Wildman–Crippen LogP) is 2.55. The molecule has 13 heavy (non-hydrogen) atoms. The summed E-state index contributed by atoms with van der Waals surface area (Å²) in [6.45, 7) is 2.72. The first kappa shape index (κ1) is 10.5. The molecule has 0 atom stereocenters. The van der Waals surface area contributed by atoms with Gasteiger partial charge in [-0.3, -0.25) is 0 Å². The summed E-state index contributed by atoms with van der Waals surface area (Å²) in [4.78, 5) is 0. The molecule has 0 aliphatic rings. The van der Waals surface area contributed by atoms with E-state index in [0.29, 0.717) is 0 Å². The third-order valence-electron chi connectivity index (χ3n) is 2.10. The molecule has 1 nitrogen and oxygen atoms in total. The molecule has 0 aliphatic carbocycles. The Morgan fingerprint density at radius 1 is 1.46 bits per heavy atom. The number of likely N-dealkylation sites (N-methyl/N-ethyl adjacent to an activating group) is 1. The maximum Gasteiger partial charge on any atom is 0.142 e. The van der Waals surface area contributed by atoms with Crippen LogP contribution in [0.4, 0.5) is 4.39 Å². The lowest BCUT2D eigenvalue weighted by Gasteiger charge is -2.07. The quantitative estimate of drug-likeness (QED) is 0.793. The first-order chi connectivity index (χ1) is 6.16. The molecule has 0 aliphatic heterocycles. The molecule has 0 saturated carbocycles. The van der Waals surface area contributed by atoms with Crippen LogP contribution in [0.15, 0.2) is 12.1 Å². The summed E-state index contributed by atoms with van der Waals surface area (Å²) < 4.78 is 12.9. The third kappa shape index (κ3) is 2.42. The number of halogens is 2. The third-order valence-corrected chi connectivity index (χ3v) is 2.56. The van der Waals surface area contributed by atoms with Gasteiger partial charge in [-0.05, 0) is 44.1 Å². The van der Waals surface area contributed by atoms with Crippen LogP contribution in [-0.4, -0.2) is 13.6 Å². The standard InChI is InChI=1S/C10H13ClFN/c1-7-8(5-6-13-2)3-4-9(12)10(7)11/h3-4,13H,5-6H2,1-2H3. The Morgan fingerprint density at radius 2 is 2.15 bits per heavy atom. The predicted molar refractivity (Wildman–Crippen MR) is 53.8 cm³/mol. The number of hydrogen-bond acceptors (Lipinski definition) is 1. The lowest BCUT2D eigenvalue weighted by molar-refractivity contribution is 0.625. The minimum absolute atomic E-state index is 0.244. The van der Waals surface area contributed by atoms with Gasteiger partial charge in [-0.25, -0.2) is 4.39 Å². The van der Waals surface area contributed by atoms with Gasteiger partial charge in [0.2, 0.25) is 0 Å². The normalized spacial score (nSPS) is 10.5. The first-order valence-corrected chi connectivity index (χ1v) is 4.62. The molecule has 0 spiro atoms. The minimum Gasteiger partial charge on any atom is -0.319 e. The van der Waals surface area contributed by atoms with Crippen LogP contribution in [0.3, 0.4) is 0 Å². The van der Waals surface area contributed by atoms with Gasteiger partial charge >= 0.3 is 0 Å². The van der Waals surface area contributed by atoms with E-state index in [2.05, 4.69) is 5.32 Å². The highest BCUT2D eigenvalue weighted by Crippen LogP contribution is 2.22. The van der Waals surface area contributed by atoms with Gasteiger partial charge in [0.1, 0.15) is 5.82 Å². The Kier molecular flexibility index (Phi) is 3.70. The smallest absolute Gasteiger partial charge is 0.142 e. The van der Waals surface area contributed by atoms with E-state index in [9.17, 15) is 4.39 Å². The first-order valence-electron chi connectivity index (χ1n) is 4.25. The van der Waals surface area contributed by atoms with E-state index in [0.717, 1.165) is 24.1 Å². The molecular weight excluding hydrogens is 189 g/mol. The van der Waals surface area contributed by atoms with Gasteiger partial charge in [0.25, 0.3) is 0 Å². The summed E-state index contributed by atoms with van der Waals surface area (Å²) in [5.74, 6) is -0.340. The molecule has 1 aromatic carbocycles. The lowest BCUT2D eigenvalue weighted by Crippen LogP contribution is -2.11. The monoisotopic (exact) mass is 201 g/mol. The van der Waals surface area contributed by atoms with E-state index >= 15 is 0 Å². The van der Waals surface area contributed by atoms with Crippen LogP contribution in [-0.2, 0) is 6.42 Å². The molecule has 3 heteroatoms. The van der Waals surface area contributed by atoms with E-state index in [4.69, 9.17) is 11.6 Å². The molecule has 0 aromatic heterocycles. The molecule has 1 N–H and O–H groups in total. The van der Waals surface area contributed by atoms with Gasteiger partial charge in [0.15, 0.2) is 0 Å². The summed E-state index contributed by atoms with van der Waals surface area (Å²) in [6.07, 6.45) is 0.877. The number of hydrogen-bond donors (Lipinski definition) is 1. The summed E-state index contributed by atoms with van der Waals surface area (Å²) in [5, 5.41) is 3.28. The summed E-state index contributed by atoms with van der Waals surface area (Å²) in [5.41, 5.74) is 1.94. The number of benzene rings is 1. The fourth-order valence-corrected chi connectivity index (χ4v) is 1.41. The van der Waals surface area contributed by atoms with E-state index in [1.807, 2.05) is 14.0 Å². The van der Waals surface area contributed by atoms with Gasteiger partial charge in [-0.1, -0.05) is 17.7 Å². The van der Waals surface area contributed by atoms with E-state index in [-0.39, 0.29) is 10.8 Å². The van der Waals surface area contributed by atoms with E-state index < -0.39 is 0 Å². The van der Waals surface area contributed by atoms with Crippen molar-refractivity contribution < 1.29 is 4.39 Å². The van der Waals surface area contributed by atoms with Crippen molar-refractivity contribution in [1.82, 2.24) is 5.32 Å². The Morgan fingerprint density at radius 3 is 2.77 bits per heavy atom. The Labute approximate surface area is 82.9 Å². The van der Waals surface area contributed by atoms with Crippen molar-refractivity contribution >= 4 is 11.6 Å². The Bertz CT molecular complexity index is 299. The minimum atomic E-state index is -0.340. The van der Waals surface area contributed by atoms with Crippen molar-refractivity contribution in [3.05, 3.63) is 34.1 Å². The largest absolute Gasteiger partial charge is 0.319 e. The highest BCUT2D eigenvalue weighted by molar-refractivity contribution is 6.31. The zero-order valence-corrected chi connectivity index (χ0v) is 8.58. The fraction of sp³-hybridized carbons (Fsp3) is 0.400. The molecule has 72 valence electrons. The fourth-order valence-electron chi connectivity index (χ4n) is 1.22. The van der Waals surface area contributed by atoms with Crippen LogP contribution in [0.1, 0.15) is 11.1 Å². The maximum atomic E-state index is 12.9. The molecule has 1 aromatic rings. The van der Waals surface area contributed by atoms with E-state index in [1.165, 1.54) is 6.07 Å². The topological polar surface area (TPSA) is 12.0 Å². The second-order valence-corrected chi connectivity index (χ2v) is 3.38. The van der Waals surface area contributed by atoms with Crippen molar-refractivity contribution in [2.75, 3.05) is 13.6 Å². The maximum absolute atomic E-state index is 12.9. The summed E-state index contributed by atoms with van der Waals surface area (Å²) in [7, 11) is 1.89. The van der Waals surface area contributed by atoms with Gasteiger partial charge in [-0.2, -0.15) is 0 Å².